The van der Waals surface area contributed by atoms with E-state index in [9.17, 15) is 9.90 Å². The SMILES string of the molecule is COc1cccc(-n2cc3ccccc3c(O)c2=O)c1. The second-order valence-electron chi connectivity index (χ2n) is 4.44. The first kappa shape index (κ1) is 12.3. The van der Waals surface area contributed by atoms with E-state index in [1.54, 1.807) is 49.7 Å². The van der Waals surface area contributed by atoms with E-state index in [0.717, 1.165) is 5.39 Å². The smallest absolute Gasteiger partial charge is 0.297 e. The number of methoxy groups -OCH3 is 1. The molecule has 0 saturated heterocycles. The first-order valence-corrected chi connectivity index (χ1v) is 6.18. The summed E-state index contributed by atoms with van der Waals surface area (Å²) in [4.78, 5) is 12.3. The Morgan fingerprint density at radius 1 is 1.10 bits per heavy atom. The van der Waals surface area contributed by atoms with Crippen LogP contribution < -0.4 is 10.3 Å². The summed E-state index contributed by atoms with van der Waals surface area (Å²) in [7, 11) is 1.57. The average molecular weight is 267 g/mol. The van der Waals surface area contributed by atoms with Crippen LogP contribution in [-0.2, 0) is 0 Å². The van der Waals surface area contributed by atoms with Crippen molar-refractivity contribution in [2.24, 2.45) is 0 Å². The van der Waals surface area contributed by atoms with Gasteiger partial charge in [0.15, 0.2) is 5.75 Å². The van der Waals surface area contributed by atoms with Crippen molar-refractivity contribution in [2.75, 3.05) is 7.11 Å². The zero-order chi connectivity index (χ0) is 14.1. The van der Waals surface area contributed by atoms with E-state index < -0.39 is 5.56 Å². The van der Waals surface area contributed by atoms with Gasteiger partial charge in [-0.3, -0.25) is 9.36 Å². The van der Waals surface area contributed by atoms with Gasteiger partial charge in [0, 0.05) is 23.0 Å². The lowest BCUT2D eigenvalue weighted by atomic mass is 10.1. The molecule has 3 aromatic rings. The molecule has 0 fully saturated rings. The zero-order valence-corrected chi connectivity index (χ0v) is 10.9. The van der Waals surface area contributed by atoms with E-state index in [4.69, 9.17) is 4.74 Å². The highest BCUT2D eigenvalue weighted by Gasteiger charge is 2.10. The van der Waals surface area contributed by atoms with Gasteiger partial charge in [-0.1, -0.05) is 30.3 Å². The molecule has 100 valence electrons. The minimum Gasteiger partial charge on any atom is -0.503 e. The van der Waals surface area contributed by atoms with Crippen LogP contribution in [0.15, 0.2) is 59.5 Å². The number of hydrogen-bond donors (Lipinski definition) is 1. The lowest BCUT2D eigenvalue weighted by Crippen LogP contribution is -2.17. The summed E-state index contributed by atoms with van der Waals surface area (Å²) in [5.74, 6) is 0.410. The summed E-state index contributed by atoms with van der Waals surface area (Å²) in [6, 6.07) is 14.4. The molecule has 4 nitrogen and oxygen atoms in total. The number of aromatic nitrogens is 1. The number of rotatable bonds is 2. The molecule has 4 heteroatoms. The summed E-state index contributed by atoms with van der Waals surface area (Å²) < 4.78 is 6.57. The van der Waals surface area contributed by atoms with Crippen LogP contribution in [0.5, 0.6) is 11.5 Å². The molecule has 0 saturated carbocycles. The van der Waals surface area contributed by atoms with Crippen molar-refractivity contribution < 1.29 is 9.84 Å². The molecule has 0 aliphatic heterocycles. The highest BCUT2D eigenvalue weighted by molar-refractivity contribution is 5.87. The Balaban J connectivity index is 2.31. The summed E-state index contributed by atoms with van der Waals surface area (Å²) >= 11 is 0. The fraction of sp³-hybridized carbons (Fsp3) is 0.0625. The molecule has 0 atom stereocenters. The molecule has 3 rings (SSSR count). The second-order valence-corrected chi connectivity index (χ2v) is 4.44. The number of benzene rings is 2. The minimum atomic E-state index is -0.447. The van der Waals surface area contributed by atoms with Gasteiger partial charge in [-0.15, -0.1) is 0 Å². The van der Waals surface area contributed by atoms with E-state index in [1.807, 2.05) is 12.1 Å². The maximum Gasteiger partial charge on any atom is 0.297 e. The second kappa shape index (κ2) is 4.74. The van der Waals surface area contributed by atoms with Gasteiger partial charge >= 0.3 is 0 Å². The van der Waals surface area contributed by atoms with Crippen LogP contribution in [0.4, 0.5) is 0 Å². The zero-order valence-electron chi connectivity index (χ0n) is 10.9. The van der Waals surface area contributed by atoms with Gasteiger partial charge in [-0.25, -0.2) is 0 Å². The third kappa shape index (κ3) is 1.91. The van der Waals surface area contributed by atoms with Gasteiger partial charge in [-0.05, 0) is 12.1 Å². The summed E-state index contributed by atoms with van der Waals surface area (Å²) in [6.07, 6.45) is 1.71. The van der Waals surface area contributed by atoms with Crippen LogP contribution in [0.3, 0.4) is 0 Å². The topological polar surface area (TPSA) is 51.5 Å². The van der Waals surface area contributed by atoms with Gasteiger partial charge in [0.25, 0.3) is 5.56 Å². The fourth-order valence-corrected chi connectivity index (χ4v) is 2.20. The Morgan fingerprint density at radius 3 is 2.70 bits per heavy atom. The molecule has 0 bridgehead atoms. The number of ether oxygens (including phenoxy) is 1. The number of hydrogen-bond acceptors (Lipinski definition) is 3. The van der Waals surface area contributed by atoms with Crippen molar-refractivity contribution >= 4 is 10.8 Å². The molecule has 1 N–H and O–H groups in total. The molecule has 20 heavy (non-hydrogen) atoms. The van der Waals surface area contributed by atoms with Gasteiger partial charge in [0.2, 0.25) is 0 Å². The van der Waals surface area contributed by atoms with Gasteiger partial charge < -0.3 is 9.84 Å². The average Bonchev–Trinajstić information content (AvgIpc) is 2.51. The van der Waals surface area contributed by atoms with Crippen molar-refractivity contribution in [1.82, 2.24) is 4.57 Å². The number of fused-ring (bicyclic) bond motifs is 1. The number of aromatic hydroxyl groups is 1. The summed E-state index contributed by atoms with van der Waals surface area (Å²) in [6.45, 7) is 0. The molecule has 0 spiro atoms. The van der Waals surface area contributed by atoms with Crippen molar-refractivity contribution in [3.63, 3.8) is 0 Å². The molecule has 2 aromatic carbocycles. The van der Waals surface area contributed by atoms with E-state index in [0.29, 0.717) is 16.8 Å². The van der Waals surface area contributed by atoms with Crippen LogP contribution in [-0.4, -0.2) is 16.8 Å². The monoisotopic (exact) mass is 267 g/mol. The molecule has 1 aromatic heterocycles. The minimum absolute atomic E-state index is 0.245. The predicted molar refractivity (Wildman–Crippen MR) is 77.8 cm³/mol. The maximum absolute atomic E-state index is 12.3. The summed E-state index contributed by atoms with van der Waals surface area (Å²) in [5.41, 5.74) is 0.201. The van der Waals surface area contributed by atoms with Crippen molar-refractivity contribution in [2.45, 2.75) is 0 Å². The first-order valence-electron chi connectivity index (χ1n) is 6.18. The molecule has 0 unspecified atom stereocenters. The van der Waals surface area contributed by atoms with Gasteiger partial charge in [-0.2, -0.15) is 0 Å². The van der Waals surface area contributed by atoms with Gasteiger partial charge in [0.05, 0.1) is 12.8 Å². The Morgan fingerprint density at radius 2 is 1.90 bits per heavy atom. The standard InChI is InChI=1S/C16H13NO3/c1-20-13-7-4-6-12(9-13)17-10-11-5-2-3-8-14(11)15(18)16(17)19/h2-10,18H,1H3. The lowest BCUT2D eigenvalue weighted by molar-refractivity contribution is 0.414. The molecule has 0 amide bonds. The van der Waals surface area contributed by atoms with E-state index >= 15 is 0 Å². The summed E-state index contributed by atoms with van der Waals surface area (Å²) in [5, 5.41) is 11.4. The largest absolute Gasteiger partial charge is 0.503 e. The van der Waals surface area contributed by atoms with Crippen molar-refractivity contribution in [1.29, 1.82) is 0 Å². The predicted octanol–water partition coefficient (Wildman–Crippen LogP) is 2.70. The fourth-order valence-electron chi connectivity index (χ4n) is 2.20. The Kier molecular flexibility index (Phi) is 2.91. The Hall–Kier alpha value is -2.75. The van der Waals surface area contributed by atoms with E-state index in [1.165, 1.54) is 4.57 Å². The molecule has 0 aliphatic rings. The molecular weight excluding hydrogens is 254 g/mol. The molecule has 0 aliphatic carbocycles. The maximum atomic E-state index is 12.3. The van der Waals surface area contributed by atoms with Crippen LogP contribution in [0, 0.1) is 0 Å². The normalized spacial score (nSPS) is 10.7. The number of nitrogens with zero attached hydrogens (tertiary/aromatic N) is 1. The van der Waals surface area contributed by atoms with Crippen LogP contribution in [0.1, 0.15) is 0 Å². The van der Waals surface area contributed by atoms with Crippen LogP contribution >= 0.6 is 0 Å². The Labute approximate surface area is 115 Å². The van der Waals surface area contributed by atoms with Gasteiger partial charge in [0.1, 0.15) is 5.75 Å². The van der Waals surface area contributed by atoms with Crippen molar-refractivity contribution in [3.05, 3.63) is 65.1 Å². The van der Waals surface area contributed by atoms with Crippen molar-refractivity contribution in [3.8, 4) is 17.2 Å². The Bertz CT molecular complexity index is 836. The molecule has 1 heterocycles. The highest BCUT2D eigenvalue weighted by Crippen LogP contribution is 2.22. The number of pyridine rings is 1. The van der Waals surface area contributed by atoms with E-state index in [-0.39, 0.29) is 5.75 Å². The lowest BCUT2D eigenvalue weighted by Gasteiger charge is -2.10. The third-order valence-corrected chi connectivity index (χ3v) is 3.24. The van der Waals surface area contributed by atoms with Crippen LogP contribution in [0.2, 0.25) is 0 Å². The third-order valence-electron chi connectivity index (χ3n) is 3.24. The highest BCUT2D eigenvalue weighted by atomic mass is 16.5. The molecule has 0 radical (unpaired) electrons. The van der Waals surface area contributed by atoms with Crippen LogP contribution in [0.25, 0.3) is 16.5 Å². The first-order chi connectivity index (χ1) is 9.70. The molecular formula is C16H13NO3. The van der Waals surface area contributed by atoms with E-state index in [2.05, 4.69) is 0 Å². The quantitative estimate of drug-likeness (QED) is 0.776.